The van der Waals surface area contributed by atoms with Crippen LogP contribution in [-0.2, 0) is 11.2 Å². The summed E-state index contributed by atoms with van der Waals surface area (Å²) >= 11 is 0. The smallest absolute Gasteiger partial charge is 0.407 e. The summed E-state index contributed by atoms with van der Waals surface area (Å²) in [6, 6.07) is 5.32. The minimum absolute atomic E-state index is 0.0706. The number of aliphatic hydroxyl groups excluding tert-OH is 1. The standard InChI is InChI=1S/C21H27N5O5/c1-21(16(27)11-26(21)20(29)30)14-5-4-13(8-14)15-9-17(25-24-15)23-18(28)7-12-3-6-19(31-2)22-10-12/h3,6,9-10,13-14,16,27H,4-5,7-8,11H2,1-2H3,(H,29,30)(H2,23,24,25,28)/t13?,14?,16-,21+/m1/s1. The van der Waals surface area contributed by atoms with Gasteiger partial charge in [0.25, 0.3) is 0 Å². The molecule has 3 heterocycles. The van der Waals surface area contributed by atoms with Crippen molar-refractivity contribution in [3.05, 3.63) is 35.7 Å². The van der Waals surface area contributed by atoms with E-state index in [1.54, 1.807) is 18.3 Å². The Hall–Kier alpha value is -3.14. The van der Waals surface area contributed by atoms with Gasteiger partial charge in [-0.2, -0.15) is 5.10 Å². The normalized spacial score (nSPS) is 27.6. The zero-order chi connectivity index (χ0) is 22.2. The fourth-order valence-corrected chi connectivity index (χ4v) is 4.81. The van der Waals surface area contributed by atoms with Crippen LogP contribution >= 0.6 is 0 Å². The molecule has 4 atom stereocenters. The lowest BCUT2D eigenvalue weighted by molar-refractivity contribution is -0.136. The lowest BCUT2D eigenvalue weighted by Crippen LogP contribution is -2.73. The minimum Gasteiger partial charge on any atom is -0.481 e. The highest BCUT2D eigenvalue weighted by atomic mass is 16.5. The number of aromatic amines is 1. The lowest BCUT2D eigenvalue weighted by atomic mass is 9.72. The summed E-state index contributed by atoms with van der Waals surface area (Å²) in [5.41, 5.74) is 0.926. The molecular weight excluding hydrogens is 402 g/mol. The largest absolute Gasteiger partial charge is 0.481 e. The van der Waals surface area contributed by atoms with Gasteiger partial charge in [-0.3, -0.25) is 14.8 Å². The Bertz CT molecular complexity index is 961. The van der Waals surface area contributed by atoms with Crippen molar-refractivity contribution in [2.24, 2.45) is 5.92 Å². The number of carboxylic acid groups (broad SMARTS) is 1. The van der Waals surface area contributed by atoms with E-state index >= 15 is 0 Å². The second-order valence-electron chi connectivity index (χ2n) is 8.48. The maximum absolute atomic E-state index is 12.3. The highest BCUT2D eigenvalue weighted by Gasteiger charge is 2.57. The third kappa shape index (κ3) is 3.95. The number of methoxy groups -OCH3 is 1. The average Bonchev–Trinajstić information content (AvgIpc) is 3.41. The molecule has 166 valence electrons. The minimum atomic E-state index is -0.991. The number of amides is 2. The molecule has 0 aromatic carbocycles. The molecule has 31 heavy (non-hydrogen) atoms. The number of hydrogen-bond acceptors (Lipinski definition) is 6. The van der Waals surface area contributed by atoms with E-state index in [2.05, 4.69) is 20.5 Å². The molecular formula is C21H27N5O5. The Kier molecular flexibility index (Phi) is 5.57. The van der Waals surface area contributed by atoms with Crippen LogP contribution in [0, 0.1) is 5.92 Å². The predicted molar refractivity (Wildman–Crippen MR) is 111 cm³/mol. The number of H-pyrrole nitrogens is 1. The molecule has 1 aliphatic carbocycles. The van der Waals surface area contributed by atoms with Crippen LogP contribution in [0.15, 0.2) is 24.4 Å². The van der Waals surface area contributed by atoms with Crippen molar-refractivity contribution < 1.29 is 24.5 Å². The molecule has 1 aliphatic heterocycles. The van der Waals surface area contributed by atoms with Crippen LogP contribution in [0.3, 0.4) is 0 Å². The Balaban J connectivity index is 1.34. The monoisotopic (exact) mass is 429 g/mol. The predicted octanol–water partition coefficient (Wildman–Crippen LogP) is 1.99. The van der Waals surface area contributed by atoms with Crippen molar-refractivity contribution >= 4 is 17.8 Å². The number of hydrogen-bond donors (Lipinski definition) is 4. The Labute approximate surface area is 179 Å². The number of carbonyl (C=O) groups excluding carboxylic acids is 1. The molecule has 0 radical (unpaired) electrons. The van der Waals surface area contributed by atoms with Crippen LogP contribution in [-0.4, -0.2) is 67.6 Å². The molecule has 4 rings (SSSR count). The molecule has 4 N–H and O–H groups in total. The van der Waals surface area contributed by atoms with Gasteiger partial charge in [-0.25, -0.2) is 9.78 Å². The fraction of sp³-hybridized carbons (Fsp3) is 0.524. The highest BCUT2D eigenvalue weighted by molar-refractivity contribution is 5.91. The summed E-state index contributed by atoms with van der Waals surface area (Å²) in [6.07, 6.45) is 2.59. The van der Waals surface area contributed by atoms with Crippen LogP contribution in [0.2, 0.25) is 0 Å². The Morgan fingerprint density at radius 3 is 2.84 bits per heavy atom. The van der Waals surface area contributed by atoms with Gasteiger partial charge in [-0.15, -0.1) is 0 Å². The number of anilines is 1. The molecule has 10 nitrogen and oxygen atoms in total. The summed E-state index contributed by atoms with van der Waals surface area (Å²) in [7, 11) is 1.53. The topological polar surface area (TPSA) is 141 Å². The third-order valence-corrected chi connectivity index (χ3v) is 6.78. The van der Waals surface area contributed by atoms with Gasteiger partial charge in [-0.05, 0) is 37.7 Å². The van der Waals surface area contributed by atoms with E-state index in [9.17, 15) is 19.8 Å². The maximum Gasteiger partial charge on any atom is 0.407 e. The number of rotatable bonds is 6. The van der Waals surface area contributed by atoms with Gasteiger partial charge in [0.1, 0.15) is 0 Å². The summed E-state index contributed by atoms with van der Waals surface area (Å²) < 4.78 is 5.01. The summed E-state index contributed by atoms with van der Waals surface area (Å²) in [5, 5.41) is 29.7. The summed E-state index contributed by atoms with van der Waals surface area (Å²) in [5.74, 6) is 0.990. The maximum atomic E-state index is 12.3. The van der Waals surface area contributed by atoms with Gasteiger partial charge in [-0.1, -0.05) is 6.07 Å². The Morgan fingerprint density at radius 2 is 2.19 bits per heavy atom. The van der Waals surface area contributed by atoms with Gasteiger partial charge >= 0.3 is 6.09 Å². The molecule has 1 saturated heterocycles. The number of aliphatic hydroxyl groups is 1. The van der Waals surface area contributed by atoms with E-state index in [4.69, 9.17) is 4.74 Å². The van der Waals surface area contributed by atoms with E-state index in [-0.39, 0.29) is 30.7 Å². The van der Waals surface area contributed by atoms with E-state index < -0.39 is 17.7 Å². The molecule has 1 saturated carbocycles. The third-order valence-electron chi connectivity index (χ3n) is 6.78. The van der Waals surface area contributed by atoms with Crippen molar-refractivity contribution in [3.63, 3.8) is 0 Å². The van der Waals surface area contributed by atoms with Crippen LogP contribution in [0.1, 0.15) is 43.4 Å². The van der Waals surface area contributed by atoms with Gasteiger partial charge < -0.3 is 20.3 Å². The average molecular weight is 429 g/mol. The first-order chi connectivity index (χ1) is 14.8. The van der Waals surface area contributed by atoms with E-state index in [1.165, 1.54) is 12.0 Å². The molecule has 2 unspecified atom stereocenters. The van der Waals surface area contributed by atoms with Gasteiger partial charge in [0.15, 0.2) is 5.82 Å². The van der Waals surface area contributed by atoms with Crippen molar-refractivity contribution in [2.45, 2.75) is 50.2 Å². The van der Waals surface area contributed by atoms with Crippen LogP contribution in [0.4, 0.5) is 10.6 Å². The van der Waals surface area contributed by atoms with E-state index in [0.717, 1.165) is 30.5 Å². The number of β-amino-alcohol motifs (C(OH)–C–C–N with tert-alkyl or cyclic N) is 1. The number of likely N-dealkylation sites (tertiary alicyclic amines) is 1. The van der Waals surface area contributed by atoms with Crippen molar-refractivity contribution in [2.75, 3.05) is 19.0 Å². The molecule has 2 aromatic rings. The lowest BCUT2D eigenvalue weighted by Gasteiger charge is -2.56. The molecule has 0 spiro atoms. The van der Waals surface area contributed by atoms with Crippen LogP contribution < -0.4 is 10.1 Å². The fourth-order valence-electron chi connectivity index (χ4n) is 4.81. The number of nitrogens with one attached hydrogen (secondary N) is 2. The van der Waals surface area contributed by atoms with Gasteiger partial charge in [0.2, 0.25) is 11.8 Å². The number of ether oxygens (including phenoxy) is 1. The molecule has 2 aliphatic rings. The highest BCUT2D eigenvalue weighted by Crippen LogP contribution is 2.49. The molecule has 2 aromatic heterocycles. The molecule has 10 heteroatoms. The zero-order valence-corrected chi connectivity index (χ0v) is 17.5. The zero-order valence-electron chi connectivity index (χ0n) is 17.5. The quantitative estimate of drug-likeness (QED) is 0.550. The second-order valence-corrected chi connectivity index (χ2v) is 8.48. The number of pyridine rings is 1. The van der Waals surface area contributed by atoms with Gasteiger partial charge in [0.05, 0.1) is 31.7 Å². The number of nitrogens with zero attached hydrogens (tertiary/aromatic N) is 3. The first-order valence-corrected chi connectivity index (χ1v) is 10.3. The first-order valence-electron chi connectivity index (χ1n) is 10.3. The SMILES string of the molecule is COc1ccc(CC(=O)Nc2cc(C3CCC([C@@]4(C)[C@H](O)CN4C(=O)O)C3)[nH]n2)cn1. The Morgan fingerprint density at radius 1 is 1.39 bits per heavy atom. The second kappa shape index (κ2) is 8.18. The number of carbonyl (C=O) groups is 2. The van der Waals surface area contributed by atoms with Gasteiger partial charge in [0, 0.05) is 29.9 Å². The molecule has 0 bridgehead atoms. The first kappa shape index (κ1) is 21.1. The van der Waals surface area contributed by atoms with E-state index in [1.807, 2.05) is 13.0 Å². The van der Waals surface area contributed by atoms with Crippen molar-refractivity contribution in [1.29, 1.82) is 0 Å². The summed E-state index contributed by atoms with van der Waals surface area (Å²) in [6.45, 7) is 1.99. The van der Waals surface area contributed by atoms with Crippen molar-refractivity contribution in [3.8, 4) is 5.88 Å². The van der Waals surface area contributed by atoms with E-state index in [0.29, 0.717) is 11.7 Å². The van der Waals surface area contributed by atoms with Crippen LogP contribution in [0.5, 0.6) is 5.88 Å². The van der Waals surface area contributed by atoms with Crippen molar-refractivity contribution in [1.82, 2.24) is 20.1 Å². The number of aromatic nitrogens is 3. The molecule has 2 fully saturated rings. The van der Waals surface area contributed by atoms with Crippen LogP contribution in [0.25, 0.3) is 0 Å². The molecule has 2 amide bonds. The summed E-state index contributed by atoms with van der Waals surface area (Å²) in [4.78, 5) is 29.2.